The Labute approximate surface area is 214 Å². The van der Waals surface area contributed by atoms with Crippen molar-refractivity contribution in [1.82, 2.24) is 21.3 Å². The van der Waals surface area contributed by atoms with Crippen molar-refractivity contribution in [1.29, 1.82) is 0 Å². The lowest BCUT2D eigenvalue weighted by Crippen LogP contribution is -2.58. The molecule has 9 heteroatoms. The van der Waals surface area contributed by atoms with E-state index < -0.39 is 41.5 Å². The fraction of sp³-hybridized carbons (Fsp3) is 0.630. The molecule has 4 atom stereocenters. The Morgan fingerprint density at radius 1 is 1.08 bits per heavy atom. The van der Waals surface area contributed by atoms with E-state index in [1.54, 1.807) is 20.8 Å². The number of aliphatic hydroxyl groups excluding tert-OH is 1. The molecule has 1 aliphatic heterocycles. The molecule has 36 heavy (non-hydrogen) atoms. The predicted octanol–water partition coefficient (Wildman–Crippen LogP) is 1.44. The second-order valence-electron chi connectivity index (χ2n) is 11.1. The molecule has 0 aliphatic carbocycles. The van der Waals surface area contributed by atoms with Crippen LogP contribution in [0.2, 0.25) is 0 Å². The van der Waals surface area contributed by atoms with Crippen molar-refractivity contribution in [2.75, 3.05) is 6.54 Å². The van der Waals surface area contributed by atoms with Crippen molar-refractivity contribution >= 4 is 23.6 Å². The van der Waals surface area contributed by atoms with Crippen LogP contribution in [0.4, 0.5) is 0 Å². The molecule has 4 amide bonds. The van der Waals surface area contributed by atoms with Crippen LogP contribution in [0.5, 0.6) is 0 Å². The summed E-state index contributed by atoms with van der Waals surface area (Å²) >= 11 is 0. The standard InChI is InChI=1S/C27H42N4O5/c1-17(2)14-22(32)29-21(15-18-10-7-6-8-11-18)25(35)30-20(16-19-12-9-13-28-24(19)34)23(33)26(36)31-27(3,4)5/h6-8,10-11,17,19-21,23,33H,9,12-16H2,1-5H3,(H,28,34)(H,29,32)(H,30,35)(H,31,36)/t19-,20-,21-,23?/m0/s1. The maximum Gasteiger partial charge on any atom is 0.251 e. The lowest BCUT2D eigenvalue weighted by atomic mass is 9.89. The Kier molecular flexibility index (Phi) is 10.9. The van der Waals surface area contributed by atoms with Crippen molar-refractivity contribution < 1.29 is 24.3 Å². The summed E-state index contributed by atoms with van der Waals surface area (Å²) < 4.78 is 0. The lowest BCUT2D eigenvalue weighted by Gasteiger charge is -2.32. The molecular weight excluding hydrogens is 460 g/mol. The van der Waals surface area contributed by atoms with Gasteiger partial charge in [-0.05, 0) is 51.5 Å². The number of amides is 4. The first-order valence-corrected chi connectivity index (χ1v) is 12.8. The lowest BCUT2D eigenvalue weighted by molar-refractivity contribution is -0.137. The number of carbonyl (C=O) groups excluding carboxylic acids is 4. The van der Waals surface area contributed by atoms with Crippen LogP contribution >= 0.6 is 0 Å². The van der Waals surface area contributed by atoms with Crippen molar-refractivity contribution in [2.45, 2.75) is 90.4 Å². The van der Waals surface area contributed by atoms with Crippen LogP contribution in [0.1, 0.15) is 65.9 Å². The minimum Gasteiger partial charge on any atom is -0.381 e. The van der Waals surface area contributed by atoms with Crippen LogP contribution in [0.25, 0.3) is 0 Å². The quantitative estimate of drug-likeness (QED) is 0.312. The van der Waals surface area contributed by atoms with E-state index in [-0.39, 0.29) is 37.0 Å². The number of hydrogen-bond acceptors (Lipinski definition) is 5. The van der Waals surface area contributed by atoms with Crippen molar-refractivity contribution in [3.05, 3.63) is 35.9 Å². The van der Waals surface area contributed by atoms with Crippen molar-refractivity contribution in [2.24, 2.45) is 11.8 Å². The molecule has 0 bridgehead atoms. The largest absolute Gasteiger partial charge is 0.381 e. The molecule has 1 saturated heterocycles. The molecular formula is C27H42N4O5. The van der Waals surface area contributed by atoms with E-state index in [0.29, 0.717) is 13.0 Å². The smallest absolute Gasteiger partial charge is 0.251 e. The SMILES string of the molecule is CC(C)CC(=O)N[C@@H](Cc1ccccc1)C(=O)N[C@@H](C[C@@H]1CCCNC1=O)C(O)C(=O)NC(C)(C)C. The monoisotopic (exact) mass is 502 g/mol. The molecule has 1 heterocycles. The van der Waals surface area contributed by atoms with Gasteiger partial charge in [0, 0.05) is 30.8 Å². The third-order valence-corrected chi connectivity index (χ3v) is 5.94. The zero-order chi connectivity index (χ0) is 26.9. The molecule has 1 fully saturated rings. The first kappa shape index (κ1) is 29.3. The fourth-order valence-corrected chi connectivity index (χ4v) is 4.23. The first-order valence-electron chi connectivity index (χ1n) is 12.8. The highest BCUT2D eigenvalue weighted by Gasteiger charge is 2.36. The van der Waals surface area contributed by atoms with Gasteiger partial charge in [-0.2, -0.15) is 0 Å². The summed E-state index contributed by atoms with van der Waals surface area (Å²) in [6, 6.07) is 7.39. The number of benzene rings is 1. The molecule has 2 rings (SSSR count). The highest BCUT2D eigenvalue weighted by molar-refractivity contribution is 5.89. The third kappa shape index (κ3) is 9.97. The van der Waals surface area contributed by atoms with Gasteiger partial charge in [0.1, 0.15) is 6.04 Å². The van der Waals surface area contributed by atoms with E-state index in [2.05, 4.69) is 21.3 Å². The minimum absolute atomic E-state index is 0.105. The Bertz CT molecular complexity index is 897. The number of nitrogens with one attached hydrogen (secondary N) is 4. The second-order valence-corrected chi connectivity index (χ2v) is 11.1. The normalized spacial score (nSPS) is 18.5. The zero-order valence-electron chi connectivity index (χ0n) is 22.1. The number of aliphatic hydroxyl groups is 1. The van der Waals surface area contributed by atoms with Crippen LogP contribution in [0, 0.1) is 11.8 Å². The van der Waals surface area contributed by atoms with Gasteiger partial charge in [-0.15, -0.1) is 0 Å². The van der Waals surface area contributed by atoms with Crippen LogP contribution < -0.4 is 21.3 Å². The van der Waals surface area contributed by atoms with E-state index in [1.807, 2.05) is 44.2 Å². The van der Waals surface area contributed by atoms with Crippen molar-refractivity contribution in [3.63, 3.8) is 0 Å². The van der Waals surface area contributed by atoms with Gasteiger partial charge in [0.15, 0.2) is 6.10 Å². The highest BCUT2D eigenvalue weighted by Crippen LogP contribution is 2.20. The zero-order valence-corrected chi connectivity index (χ0v) is 22.1. The molecule has 1 aliphatic rings. The van der Waals surface area contributed by atoms with E-state index >= 15 is 0 Å². The average molecular weight is 503 g/mol. The van der Waals surface area contributed by atoms with Crippen LogP contribution in [-0.4, -0.2) is 59.0 Å². The maximum absolute atomic E-state index is 13.4. The van der Waals surface area contributed by atoms with Gasteiger partial charge in [0.2, 0.25) is 17.7 Å². The van der Waals surface area contributed by atoms with Gasteiger partial charge in [0.25, 0.3) is 5.91 Å². The summed E-state index contributed by atoms with van der Waals surface area (Å²) in [5.74, 6) is -1.88. The maximum atomic E-state index is 13.4. The predicted molar refractivity (Wildman–Crippen MR) is 138 cm³/mol. The summed E-state index contributed by atoms with van der Waals surface area (Å²) in [7, 11) is 0. The molecule has 0 aromatic heterocycles. The summed E-state index contributed by atoms with van der Waals surface area (Å²) in [5.41, 5.74) is 0.270. The van der Waals surface area contributed by atoms with E-state index in [4.69, 9.17) is 0 Å². The van der Waals surface area contributed by atoms with Gasteiger partial charge in [-0.1, -0.05) is 44.2 Å². The van der Waals surface area contributed by atoms with E-state index in [1.165, 1.54) is 0 Å². The topological polar surface area (TPSA) is 137 Å². The third-order valence-electron chi connectivity index (χ3n) is 5.94. The number of piperidine rings is 1. The Morgan fingerprint density at radius 3 is 2.33 bits per heavy atom. The minimum atomic E-state index is -1.56. The molecule has 1 unspecified atom stereocenters. The average Bonchev–Trinajstić information content (AvgIpc) is 2.78. The molecule has 1 aromatic rings. The van der Waals surface area contributed by atoms with Gasteiger partial charge in [0.05, 0.1) is 6.04 Å². The molecule has 9 nitrogen and oxygen atoms in total. The van der Waals surface area contributed by atoms with Crippen LogP contribution in [0.15, 0.2) is 30.3 Å². The summed E-state index contributed by atoms with van der Waals surface area (Å²) in [6.45, 7) is 9.79. The van der Waals surface area contributed by atoms with E-state index in [0.717, 1.165) is 12.0 Å². The van der Waals surface area contributed by atoms with Crippen molar-refractivity contribution in [3.8, 4) is 0 Å². The highest BCUT2D eigenvalue weighted by atomic mass is 16.3. The Hall–Kier alpha value is -2.94. The molecule has 5 N–H and O–H groups in total. The summed E-state index contributed by atoms with van der Waals surface area (Å²) in [4.78, 5) is 51.2. The van der Waals surface area contributed by atoms with Gasteiger partial charge in [-0.3, -0.25) is 19.2 Å². The first-order chi connectivity index (χ1) is 16.9. The molecule has 1 aromatic carbocycles. The van der Waals surface area contributed by atoms with Gasteiger partial charge < -0.3 is 26.4 Å². The van der Waals surface area contributed by atoms with E-state index in [9.17, 15) is 24.3 Å². The van der Waals surface area contributed by atoms with Gasteiger partial charge >= 0.3 is 0 Å². The Morgan fingerprint density at radius 2 is 1.75 bits per heavy atom. The van der Waals surface area contributed by atoms with Crippen LogP contribution in [-0.2, 0) is 25.6 Å². The summed E-state index contributed by atoms with van der Waals surface area (Å²) in [5, 5.41) is 22.1. The molecule has 200 valence electrons. The molecule has 0 spiro atoms. The fourth-order valence-electron chi connectivity index (χ4n) is 4.23. The van der Waals surface area contributed by atoms with Crippen LogP contribution in [0.3, 0.4) is 0 Å². The molecule has 0 radical (unpaired) electrons. The second kappa shape index (κ2) is 13.4. The number of carbonyl (C=O) groups is 4. The Balaban J connectivity index is 2.25. The number of hydrogen-bond donors (Lipinski definition) is 5. The number of rotatable bonds is 11. The molecule has 0 saturated carbocycles. The summed E-state index contributed by atoms with van der Waals surface area (Å²) in [6.07, 6.45) is 0.437. The van der Waals surface area contributed by atoms with Gasteiger partial charge in [-0.25, -0.2) is 0 Å².